The highest BCUT2D eigenvalue weighted by Crippen LogP contribution is 2.37. The van der Waals surface area contributed by atoms with Crippen LogP contribution in [0.2, 0.25) is 0 Å². The molecule has 2 aromatic carbocycles. The molecule has 3 aromatic rings. The molecular formula is C25H30F3N5. The van der Waals surface area contributed by atoms with Gasteiger partial charge in [0.15, 0.2) is 5.82 Å². The summed E-state index contributed by atoms with van der Waals surface area (Å²) in [6.07, 6.45) is -4.39. The van der Waals surface area contributed by atoms with Crippen molar-refractivity contribution in [3.05, 3.63) is 58.8 Å². The van der Waals surface area contributed by atoms with Gasteiger partial charge in [0.25, 0.3) is 0 Å². The van der Waals surface area contributed by atoms with Gasteiger partial charge in [-0.1, -0.05) is 18.2 Å². The van der Waals surface area contributed by atoms with E-state index in [4.69, 9.17) is 0 Å². The fourth-order valence-corrected chi connectivity index (χ4v) is 4.53. The van der Waals surface area contributed by atoms with E-state index in [0.717, 1.165) is 41.3 Å². The summed E-state index contributed by atoms with van der Waals surface area (Å²) in [5, 5.41) is 13.8. The fraction of sp³-hybridized carbons (Fsp3) is 0.440. The lowest BCUT2D eigenvalue weighted by Gasteiger charge is -2.53. The van der Waals surface area contributed by atoms with Gasteiger partial charge in [0.2, 0.25) is 0 Å². The van der Waals surface area contributed by atoms with E-state index in [-0.39, 0.29) is 17.1 Å². The van der Waals surface area contributed by atoms with Crippen molar-refractivity contribution in [1.29, 1.82) is 0 Å². The zero-order valence-electron chi connectivity index (χ0n) is 19.9. The minimum absolute atomic E-state index is 0.137. The Bertz CT molecular complexity index is 1180. The average Bonchev–Trinajstić information content (AvgIpc) is 2.72. The molecule has 1 saturated heterocycles. The molecule has 0 spiro atoms. The smallest absolute Gasteiger partial charge is 0.368 e. The van der Waals surface area contributed by atoms with Crippen molar-refractivity contribution < 1.29 is 13.2 Å². The van der Waals surface area contributed by atoms with Gasteiger partial charge in [-0.2, -0.15) is 18.3 Å². The molecule has 1 aliphatic heterocycles. The van der Waals surface area contributed by atoms with Crippen LogP contribution >= 0.6 is 0 Å². The molecule has 5 nitrogen and oxygen atoms in total. The summed E-state index contributed by atoms with van der Waals surface area (Å²) >= 11 is 0. The van der Waals surface area contributed by atoms with Gasteiger partial charge in [0.05, 0.1) is 22.8 Å². The Morgan fingerprint density at radius 3 is 2.39 bits per heavy atom. The maximum atomic E-state index is 13.4. The highest BCUT2D eigenvalue weighted by Gasteiger charge is 2.40. The van der Waals surface area contributed by atoms with E-state index in [1.54, 1.807) is 6.07 Å². The summed E-state index contributed by atoms with van der Waals surface area (Å²) in [6, 6.07) is 10.2. The summed E-state index contributed by atoms with van der Waals surface area (Å²) < 4.78 is 40.2. The number of fused-ring (bicyclic) bond motifs is 1. The van der Waals surface area contributed by atoms with Crippen LogP contribution in [0.1, 0.15) is 42.3 Å². The fourth-order valence-electron chi connectivity index (χ4n) is 4.53. The summed E-state index contributed by atoms with van der Waals surface area (Å²) in [5.41, 5.74) is 2.24. The van der Waals surface area contributed by atoms with Crippen LogP contribution in [0.3, 0.4) is 0 Å². The molecule has 2 heterocycles. The highest BCUT2D eigenvalue weighted by atomic mass is 19.4. The van der Waals surface area contributed by atoms with E-state index < -0.39 is 11.7 Å². The van der Waals surface area contributed by atoms with Gasteiger partial charge < -0.3 is 15.1 Å². The Morgan fingerprint density at radius 1 is 1.06 bits per heavy atom. The highest BCUT2D eigenvalue weighted by molar-refractivity contribution is 5.95. The van der Waals surface area contributed by atoms with Crippen LogP contribution in [0.25, 0.3) is 10.8 Å². The molecular weight excluding hydrogens is 427 g/mol. The number of rotatable bonds is 5. The minimum atomic E-state index is -4.39. The summed E-state index contributed by atoms with van der Waals surface area (Å²) in [5.74, 6) is 0.567. The predicted octanol–water partition coefficient (Wildman–Crippen LogP) is 5.58. The van der Waals surface area contributed by atoms with Gasteiger partial charge in [-0.15, -0.1) is 5.10 Å². The first kappa shape index (κ1) is 23.3. The quantitative estimate of drug-likeness (QED) is 0.542. The number of nitrogens with zero attached hydrogens (tertiary/aromatic N) is 4. The first-order valence-corrected chi connectivity index (χ1v) is 11.0. The van der Waals surface area contributed by atoms with E-state index in [1.807, 2.05) is 19.9 Å². The van der Waals surface area contributed by atoms with E-state index in [0.29, 0.717) is 11.4 Å². The standard InChI is InChI=1S/C25H30F3N5/c1-15-19(8-7-9-22(15)25(26,27)28)16(2)29-23-21-12-18(10-11-20(21)17(3)30-31-23)33-13-24(4,14-33)32(5)6/h7-12,16H,13-14H2,1-6H3,(H,29,31)/t16-/m1/s1. The molecule has 8 heteroatoms. The van der Waals surface area contributed by atoms with Crippen LogP contribution in [0, 0.1) is 13.8 Å². The molecule has 1 aliphatic rings. The summed E-state index contributed by atoms with van der Waals surface area (Å²) in [7, 11) is 4.19. The molecule has 1 aromatic heterocycles. The summed E-state index contributed by atoms with van der Waals surface area (Å²) in [4.78, 5) is 4.56. The minimum Gasteiger partial charge on any atom is -0.368 e. The van der Waals surface area contributed by atoms with E-state index in [9.17, 15) is 13.2 Å². The second-order valence-corrected chi connectivity index (χ2v) is 9.49. The molecule has 0 saturated carbocycles. The van der Waals surface area contributed by atoms with Crippen molar-refractivity contribution in [1.82, 2.24) is 15.1 Å². The Balaban J connectivity index is 1.67. The molecule has 0 amide bonds. The van der Waals surface area contributed by atoms with E-state index in [1.165, 1.54) is 13.0 Å². The maximum Gasteiger partial charge on any atom is 0.416 e. The molecule has 176 valence electrons. The Labute approximate surface area is 192 Å². The second-order valence-electron chi connectivity index (χ2n) is 9.49. The number of benzene rings is 2. The molecule has 4 rings (SSSR count). The van der Waals surface area contributed by atoms with Crippen molar-refractivity contribution in [2.75, 3.05) is 37.4 Å². The van der Waals surface area contributed by atoms with Crippen molar-refractivity contribution in [2.24, 2.45) is 0 Å². The first-order valence-electron chi connectivity index (χ1n) is 11.0. The molecule has 1 atom stereocenters. The number of alkyl halides is 3. The second kappa shape index (κ2) is 8.17. The van der Waals surface area contributed by atoms with Gasteiger partial charge in [-0.25, -0.2) is 0 Å². The number of aryl methyl sites for hydroxylation is 1. The van der Waals surface area contributed by atoms with Crippen molar-refractivity contribution in [2.45, 2.75) is 45.5 Å². The van der Waals surface area contributed by atoms with Crippen LogP contribution in [-0.2, 0) is 6.18 Å². The number of aromatic nitrogens is 2. The zero-order valence-corrected chi connectivity index (χ0v) is 19.9. The zero-order chi connectivity index (χ0) is 24.1. The molecule has 0 bridgehead atoms. The van der Waals surface area contributed by atoms with Crippen LogP contribution in [-0.4, -0.2) is 47.8 Å². The molecule has 0 radical (unpaired) electrons. The first-order chi connectivity index (χ1) is 15.4. The molecule has 1 fully saturated rings. The molecule has 0 aliphatic carbocycles. The Morgan fingerprint density at radius 2 is 1.76 bits per heavy atom. The lowest BCUT2D eigenvalue weighted by molar-refractivity contribution is -0.138. The van der Waals surface area contributed by atoms with Crippen molar-refractivity contribution >= 4 is 22.3 Å². The number of likely N-dealkylation sites (N-methyl/N-ethyl adjacent to an activating group) is 1. The molecule has 0 unspecified atom stereocenters. The third-order valence-electron chi connectivity index (χ3n) is 6.96. The lowest BCUT2D eigenvalue weighted by Crippen LogP contribution is -2.67. The normalized spacial score (nSPS) is 16.7. The molecule has 1 N–H and O–H groups in total. The Hall–Kier alpha value is -2.87. The SMILES string of the molecule is Cc1c([C@@H](C)Nc2nnc(C)c3ccc(N4CC(C)(N(C)C)C4)cc23)cccc1C(F)(F)F. The third kappa shape index (κ3) is 4.24. The average molecular weight is 458 g/mol. The van der Waals surface area contributed by atoms with Crippen LogP contribution in [0.4, 0.5) is 24.7 Å². The third-order valence-corrected chi connectivity index (χ3v) is 6.96. The Kier molecular flexibility index (Phi) is 5.76. The predicted molar refractivity (Wildman–Crippen MR) is 127 cm³/mol. The van der Waals surface area contributed by atoms with Gasteiger partial charge >= 0.3 is 6.18 Å². The van der Waals surface area contributed by atoms with E-state index >= 15 is 0 Å². The van der Waals surface area contributed by atoms with Crippen molar-refractivity contribution in [3.8, 4) is 0 Å². The van der Waals surface area contributed by atoms with Gasteiger partial charge in [-0.3, -0.25) is 0 Å². The molecule has 33 heavy (non-hydrogen) atoms. The topological polar surface area (TPSA) is 44.3 Å². The van der Waals surface area contributed by atoms with Gasteiger partial charge in [0, 0.05) is 29.5 Å². The number of anilines is 2. The van der Waals surface area contributed by atoms with Crippen molar-refractivity contribution in [3.63, 3.8) is 0 Å². The number of nitrogens with one attached hydrogen (secondary N) is 1. The van der Waals surface area contributed by atoms with Gasteiger partial charge in [-0.05, 0) is 71.1 Å². The number of hydrogen-bond acceptors (Lipinski definition) is 5. The van der Waals surface area contributed by atoms with E-state index in [2.05, 4.69) is 58.5 Å². The monoisotopic (exact) mass is 457 g/mol. The number of hydrogen-bond donors (Lipinski definition) is 1. The number of halogens is 3. The van der Waals surface area contributed by atoms with Crippen LogP contribution in [0.5, 0.6) is 0 Å². The van der Waals surface area contributed by atoms with Crippen LogP contribution < -0.4 is 10.2 Å². The van der Waals surface area contributed by atoms with Crippen LogP contribution in [0.15, 0.2) is 36.4 Å². The maximum absolute atomic E-state index is 13.4. The lowest BCUT2D eigenvalue weighted by atomic mass is 9.90. The van der Waals surface area contributed by atoms with Gasteiger partial charge in [0.1, 0.15) is 0 Å². The largest absolute Gasteiger partial charge is 0.416 e. The summed E-state index contributed by atoms with van der Waals surface area (Å²) in [6.45, 7) is 9.35.